The van der Waals surface area contributed by atoms with Crippen LogP contribution in [-0.2, 0) is 6.42 Å². The van der Waals surface area contributed by atoms with Gasteiger partial charge in [0.15, 0.2) is 11.5 Å². The van der Waals surface area contributed by atoms with Crippen LogP contribution in [0, 0.1) is 0 Å². The number of ether oxygens (including phenoxy) is 2. The molecule has 0 radical (unpaired) electrons. The molecule has 0 aliphatic carbocycles. The second-order valence-electron chi connectivity index (χ2n) is 4.10. The zero-order valence-corrected chi connectivity index (χ0v) is 10.3. The molecule has 0 saturated heterocycles. The maximum absolute atomic E-state index is 5.53. The van der Waals surface area contributed by atoms with Crippen LogP contribution in [0.3, 0.4) is 0 Å². The van der Waals surface area contributed by atoms with E-state index in [1.165, 1.54) is 0 Å². The summed E-state index contributed by atoms with van der Waals surface area (Å²) in [5.74, 6) is 1.60. The van der Waals surface area contributed by atoms with E-state index in [0.29, 0.717) is 25.8 Å². The van der Waals surface area contributed by atoms with Gasteiger partial charge in [0, 0.05) is 6.54 Å². The van der Waals surface area contributed by atoms with Gasteiger partial charge < -0.3 is 24.9 Å². The fourth-order valence-corrected chi connectivity index (χ4v) is 1.86. The molecular formula is C12H14N4O3. The number of hydrogen-bond donors (Lipinski definition) is 2. The molecule has 0 fully saturated rings. The minimum absolute atomic E-state index is 0.0572. The van der Waals surface area contributed by atoms with Crippen molar-refractivity contribution in [1.29, 1.82) is 0 Å². The summed E-state index contributed by atoms with van der Waals surface area (Å²) in [5.41, 5.74) is 6.47. The molecular weight excluding hydrogens is 248 g/mol. The molecule has 7 heteroatoms. The number of aromatic nitrogens is 2. The van der Waals surface area contributed by atoms with E-state index in [-0.39, 0.29) is 6.01 Å². The Balaban J connectivity index is 1.58. The van der Waals surface area contributed by atoms with E-state index in [9.17, 15) is 0 Å². The summed E-state index contributed by atoms with van der Waals surface area (Å²) in [6, 6.07) is 6.31. The molecule has 0 saturated carbocycles. The van der Waals surface area contributed by atoms with Crippen molar-refractivity contribution in [3.8, 4) is 11.5 Å². The van der Waals surface area contributed by atoms with Crippen molar-refractivity contribution in [3.63, 3.8) is 0 Å². The number of fused-ring (bicyclic) bond motifs is 1. The summed E-state index contributed by atoms with van der Waals surface area (Å²) >= 11 is 0. The van der Waals surface area contributed by atoms with E-state index in [1.54, 1.807) is 0 Å². The number of benzene rings is 1. The van der Waals surface area contributed by atoms with E-state index in [2.05, 4.69) is 15.5 Å². The van der Waals surface area contributed by atoms with Gasteiger partial charge in [0.2, 0.25) is 0 Å². The van der Waals surface area contributed by atoms with Crippen LogP contribution in [-0.4, -0.2) is 30.0 Å². The highest BCUT2D eigenvalue weighted by atomic mass is 16.6. The highest BCUT2D eigenvalue weighted by molar-refractivity contribution is 5.44. The number of nitrogens with one attached hydrogen (secondary N) is 1. The van der Waals surface area contributed by atoms with Crippen molar-refractivity contribution in [2.75, 3.05) is 30.8 Å². The number of anilines is 2. The smallest absolute Gasteiger partial charge is 0.316 e. The molecule has 1 aromatic heterocycles. The number of nitrogen functional groups attached to an aromatic ring is 1. The first-order valence-corrected chi connectivity index (χ1v) is 6.02. The van der Waals surface area contributed by atoms with Gasteiger partial charge >= 0.3 is 12.0 Å². The molecule has 7 nitrogen and oxygen atoms in total. The lowest BCUT2D eigenvalue weighted by Gasteiger charge is -2.18. The Kier molecular flexibility index (Phi) is 3.09. The molecule has 3 N–H and O–H groups in total. The van der Waals surface area contributed by atoms with E-state index in [4.69, 9.17) is 19.6 Å². The number of nitrogens with two attached hydrogens (primary N) is 1. The lowest BCUT2D eigenvalue weighted by atomic mass is 10.1. The Morgan fingerprint density at radius 1 is 1.16 bits per heavy atom. The van der Waals surface area contributed by atoms with Gasteiger partial charge in [-0.25, -0.2) is 0 Å². The third-order valence-electron chi connectivity index (χ3n) is 2.74. The molecule has 0 amide bonds. The summed E-state index contributed by atoms with van der Waals surface area (Å²) in [4.78, 5) is 0. The average molecular weight is 262 g/mol. The minimum atomic E-state index is 0.0572. The van der Waals surface area contributed by atoms with Crippen molar-refractivity contribution in [2.45, 2.75) is 6.42 Å². The van der Waals surface area contributed by atoms with Gasteiger partial charge in [0.1, 0.15) is 13.2 Å². The summed E-state index contributed by atoms with van der Waals surface area (Å²) in [7, 11) is 0. The van der Waals surface area contributed by atoms with Crippen molar-refractivity contribution in [1.82, 2.24) is 10.2 Å². The molecule has 0 atom stereocenters. The van der Waals surface area contributed by atoms with Crippen molar-refractivity contribution < 1.29 is 13.9 Å². The van der Waals surface area contributed by atoms with E-state index < -0.39 is 0 Å². The molecule has 100 valence electrons. The van der Waals surface area contributed by atoms with E-state index >= 15 is 0 Å². The first kappa shape index (κ1) is 11.6. The molecule has 19 heavy (non-hydrogen) atoms. The van der Waals surface area contributed by atoms with Crippen LogP contribution in [0.15, 0.2) is 22.6 Å². The lowest BCUT2D eigenvalue weighted by molar-refractivity contribution is 0.171. The maximum atomic E-state index is 5.53. The standard InChI is InChI=1S/C12H14N4O3/c13-11-15-16-12(19-11)14-4-3-8-1-2-9-10(7-8)18-6-5-17-9/h1-2,7H,3-6H2,(H2,13,15)(H,14,16). The Hall–Kier alpha value is -2.44. The maximum Gasteiger partial charge on any atom is 0.316 e. The largest absolute Gasteiger partial charge is 0.486 e. The predicted molar refractivity (Wildman–Crippen MR) is 68.3 cm³/mol. The van der Waals surface area contributed by atoms with Crippen LogP contribution in [0.2, 0.25) is 0 Å². The third-order valence-corrected chi connectivity index (χ3v) is 2.74. The van der Waals surface area contributed by atoms with E-state index in [0.717, 1.165) is 23.5 Å². The van der Waals surface area contributed by atoms with Crippen LogP contribution in [0.1, 0.15) is 5.56 Å². The Labute approximate surface area is 109 Å². The summed E-state index contributed by atoms with van der Waals surface area (Å²) in [6.07, 6.45) is 0.804. The predicted octanol–water partition coefficient (Wildman–Crippen LogP) is 1.08. The normalized spacial score (nSPS) is 13.3. The van der Waals surface area contributed by atoms with Crippen LogP contribution >= 0.6 is 0 Å². The average Bonchev–Trinajstić information content (AvgIpc) is 2.84. The summed E-state index contributed by atoms with van der Waals surface area (Å²) in [6.45, 7) is 1.86. The SMILES string of the molecule is Nc1nnc(NCCc2ccc3c(c2)OCCO3)o1. The van der Waals surface area contributed by atoms with Crippen LogP contribution in [0.5, 0.6) is 11.5 Å². The topological polar surface area (TPSA) is 95.4 Å². The van der Waals surface area contributed by atoms with Gasteiger partial charge in [-0.3, -0.25) is 0 Å². The first-order valence-electron chi connectivity index (χ1n) is 6.02. The fourth-order valence-electron chi connectivity index (χ4n) is 1.86. The van der Waals surface area contributed by atoms with Gasteiger partial charge in [-0.1, -0.05) is 16.3 Å². The highest BCUT2D eigenvalue weighted by Crippen LogP contribution is 2.30. The Morgan fingerprint density at radius 2 is 2.00 bits per heavy atom. The number of hydrogen-bond acceptors (Lipinski definition) is 7. The lowest BCUT2D eigenvalue weighted by Crippen LogP contribution is -2.15. The summed E-state index contributed by atoms with van der Waals surface area (Å²) in [5, 5.41) is 10.3. The monoisotopic (exact) mass is 262 g/mol. The molecule has 0 spiro atoms. The Bertz CT molecular complexity index is 570. The highest BCUT2D eigenvalue weighted by Gasteiger charge is 2.11. The number of nitrogens with zero attached hydrogens (tertiary/aromatic N) is 2. The quantitative estimate of drug-likeness (QED) is 0.851. The second-order valence-corrected chi connectivity index (χ2v) is 4.10. The second kappa shape index (κ2) is 5.05. The molecule has 3 rings (SSSR count). The molecule has 0 bridgehead atoms. The molecule has 2 aromatic rings. The van der Waals surface area contributed by atoms with Gasteiger partial charge in [-0.2, -0.15) is 0 Å². The third kappa shape index (κ3) is 2.70. The van der Waals surface area contributed by atoms with E-state index in [1.807, 2.05) is 18.2 Å². The molecule has 1 aliphatic rings. The van der Waals surface area contributed by atoms with Gasteiger partial charge in [0.05, 0.1) is 0 Å². The molecule has 0 unspecified atom stereocenters. The zero-order chi connectivity index (χ0) is 13.1. The van der Waals surface area contributed by atoms with Crippen LogP contribution in [0.4, 0.5) is 12.0 Å². The molecule has 1 aliphatic heterocycles. The molecule has 1 aromatic carbocycles. The molecule has 2 heterocycles. The number of rotatable bonds is 4. The fraction of sp³-hybridized carbons (Fsp3) is 0.333. The van der Waals surface area contributed by atoms with Crippen molar-refractivity contribution in [3.05, 3.63) is 23.8 Å². The van der Waals surface area contributed by atoms with Crippen LogP contribution < -0.4 is 20.5 Å². The minimum Gasteiger partial charge on any atom is -0.486 e. The Morgan fingerprint density at radius 3 is 2.79 bits per heavy atom. The van der Waals surface area contributed by atoms with Gasteiger partial charge in [-0.05, 0) is 24.1 Å². The van der Waals surface area contributed by atoms with Crippen molar-refractivity contribution >= 4 is 12.0 Å². The first-order chi connectivity index (χ1) is 9.31. The zero-order valence-electron chi connectivity index (χ0n) is 10.3. The van der Waals surface area contributed by atoms with Crippen LogP contribution in [0.25, 0.3) is 0 Å². The summed E-state index contributed by atoms with van der Waals surface area (Å²) < 4.78 is 16.0. The van der Waals surface area contributed by atoms with Crippen molar-refractivity contribution in [2.24, 2.45) is 0 Å². The van der Waals surface area contributed by atoms with Gasteiger partial charge in [-0.15, -0.1) is 0 Å². The van der Waals surface area contributed by atoms with Gasteiger partial charge in [0.25, 0.3) is 0 Å².